The average molecular weight is 508 g/mol. The molecule has 0 aromatic heterocycles. The van der Waals surface area contributed by atoms with Crippen LogP contribution in [0.5, 0.6) is 11.5 Å². The average Bonchev–Trinajstić information content (AvgIpc) is 2.88. The molecule has 0 bridgehead atoms. The Morgan fingerprint density at radius 3 is 2.32 bits per heavy atom. The van der Waals surface area contributed by atoms with Crippen molar-refractivity contribution in [3.05, 3.63) is 77.4 Å². The van der Waals surface area contributed by atoms with Gasteiger partial charge >= 0.3 is 17.9 Å². The van der Waals surface area contributed by atoms with Gasteiger partial charge in [-0.1, -0.05) is 12.6 Å². The zero-order valence-electron chi connectivity index (χ0n) is 20.9. The number of esters is 3. The third-order valence-electron chi connectivity index (χ3n) is 4.70. The van der Waals surface area contributed by atoms with Gasteiger partial charge in [0.15, 0.2) is 0 Å². The number of carbonyl (C=O) groups is 3. The standard InChI is InChI=1S/C28H29NO8/c1-20(2)27(31)36-18-16-33-15-17-34-24-9-6-23(7-10-24)28(32)37-25-11-5-22(21(3)19-25)8-12-26(30)35-14-4-13-29/h5-12,19H,1,4,14-18H2,2-3H3/b12-8+. The smallest absolute Gasteiger partial charge is 0.343 e. The highest BCUT2D eigenvalue weighted by atomic mass is 16.6. The number of rotatable bonds is 14. The lowest BCUT2D eigenvalue weighted by atomic mass is 10.1. The minimum absolute atomic E-state index is 0.0471. The van der Waals surface area contributed by atoms with Crippen molar-refractivity contribution in [3.8, 4) is 17.6 Å². The molecule has 0 radical (unpaired) electrons. The molecule has 0 fully saturated rings. The van der Waals surface area contributed by atoms with Crippen LogP contribution in [0.1, 0.15) is 34.8 Å². The first-order chi connectivity index (χ1) is 17.8. The van der Waals surface area contributed by atoms with Crippen LogP contribution in [0.15, 0.2) is 60.7 Å². The van der Waals surface area contributed by atoms with Crippen LogP contribution in [0.2, 0.25) is 0 Å². The molecule has 0 aliphatic carbocycles. The summed E-state index contributed by atoms with van der Waals surface area (Å²) in [6.07, 6.45) is 3.02. The van der Waals surface area contributed by atoms with Gasteiger partial charge in [-0.2, -0.15) is 5.26 Å². The number of hydrogen-bond acceptors (Lipinski definition) is 9. The van der Waals surface area contributed by atoms with Crippen molar-refractivity contribution in [2.24, 2.45) is 0 Å². The Bertz CT molecular complexity index is 1160. The molecular weight excluding hydrogens is 478 g/mol. The topological polar surface area (TPSA) is 121 Å². The zero-order chi connectivity index (χ0) is 27.0. The molecule has 2 aromatic carbocycles. The van der Waals surface area contributed by atoms with Crippen molar-refractivity contribution < 1.29 is 38.1 Å². The van der Waals surface area contributed by atoms with Crippen LogP contribution >= 0.6 is 0 Å². The maximum atomic E-state index is 12.5. The van der Waals surface area contributed by atoms with E-state index in [2.05, 4.69) is 6.58 Å². The molecule has 9 heteroatoms. The molecule has 0 amide bonds. The summed E-state index contributed by atoms with van der Waals surface area (Å²) in [6, 6.07) is 13.4. The second-order valence-corrected chi connectivity index (χ2v) is 7.72. The fourth-order valence-electron chi connectivity index (χ4n) is 2.79. The summed E-state index contributed by atoms with van der Waals surface area (Å²) < 4.78 is 26.2. The van der Waals surface area contributed by atoms with E-state index >= 15 is 0 Å². The highest BCUT2D eigenvalue weighted by Gasteiger charge is 2.10. The van der Waals surface area contributed by atoms with E-state index in [1.807, 2.05) is 13.0 Å². The largest absolute Gasteiger partial charge is 0.491 e. The van der Waals surface area contributed by atoms with Gasteiger partial charge in [-0.15, -0.1) is 0 Å². The molecule has 0 N–H and O–H groups in total. The number of hydrogen-bond donors (Lipinski definition) is 0. The van der Waals surface area contributed by atoms with Crippen LogP contribution in [-0.2, 0) is 23.8 Å². The summed E-state index contributed by atoms with van der Waals surface area (Å²) in [5, 5.41) is 8.46. The number of nitriles is 1. The first-order valence-corrected chi connectivity index (χ1v) is 11.5. The van der Waals surface area contributed by atoms with Crippen molar-refractivity contribution in [1.82, 2.24) is 0 Å². The Labute approximate surface area is 215 Å². The summed E-state index contributed by atoms with van der Waals surface area (Å²) in [4.78, 5) is 35.4. The molecule has 2 rings (SSSR count). The molecular formula is C28H29NO8. The zero-order valence-corrected chi connectivity index (χ0v) is 20.9. The van der Waals surface area contributed by atoms with Gasteiger partial charge in [-0.3, -0.25) is 0 Å². The number of carbonyl (C=O) groups excluding carboxylic acids is 3. The van der Waals surface area contributed by atoms with Gasteiger partial charge in [0, 0.05) is 11.6 Å². The molecule has 0 atom stereocenters. The first-order valence-electron chi connectivity index (χ1n) is 11.5. The van der Waals surface area contributed by atoms with Crippen LogP contribution in [0.4, 0.5) is 0 Å². The summed E-state index contributed by atoms with van der Waals surface area (Å²) >= 11 is 0. The lowest BCUT2D eigenvalue weighted by molar-refractivity contribution is -0.140. The fourth-order valence-corrected chi connectivity index (χ4v) is 2.79. The van der Waals surface area contributed by atoms with E-state index in [4.69, 9.17) is 28.9 Å². The summed E-state index contributed by atoms with van der Waals surface area (Å²) in [7, 11) is 0. The van der Waals surface area contributed by atoms with Crippen molar-refractivity contribution in [2.75, 3.05) is 33.0 Å². The minimum atomic E-state index is -0.535. The Kier molecular flexibility index (Phi) is 12.1. The summed E-state index contributed by atoms with van der Waals surface area (Å²) in [5.74, 6) is -0.587. The maximum Gasteiger partial charge on any atom is 0.343 e. The predicted molar refractivity (Wildman–Crippen MR) is 135 cm³/mol. The second-order valence-electron chi connectivity index (χ2n) is 7.72. The normalized spacial score (nSPS) is 10.4. The van der Waals surface area contributed by atoms with Gasteiger partial charge in [0.2, 0.25) is 0 Å². The Morgan fingerprint density at radius 2 is 1.65 bits per heavy atom. The third-order valence-corrected chi connectivity index (χ3v) is 4.70. The summed E-state index contributed by atoms with van der Waals surface area (Å²) in [5.41, 5.74) is 2.24. The van der Waals surface area contributed by atoms with Crippen molar-refractivity contribution >= 4 is 24.0 Å². The molecule has 0 spiro atoms. The van der Waals surface area contributed by atoms with Crippen molar-refractivity contribution in [2.45, 2.75) is 20.3 Å². The molecule has 194 valence electrons. The maximum absolute atomic E-state index is 12.5. The highest BCUT2D eigenvalue weighted by Crippen LogP contribution is 2.20. The van der Waals surface area contributed by atoms with Crippen molar-refractivity contribution in [3.63, 3.8) is 0 Å². The predicted octanol–water partition coefficient (Wildman–Crippen LogP) is 4.20. The van der Waals surface area contributed by atoms with Crippen molar-refractivity contribution in [1.29, 1.82) is 5.26 Å². The lowest BCUT2D eigenvalue weighted by Crippen LogP contribution is -2.14. The summed E-state index contributed by atoms with van der Waals surface area (Å²) in [6.45, 7) is 7.92. The van der Waals surface area contributed by atoms with E-state index in [0.717, 1.165) is 11.1 Å². The third kappa shape index (κ3) is 10.8. The molecule has 37 heavy (non-hydrogen) atoms. The van der Waals surface area contributed by atoms with E-state index in [9.17, 15) is 14.4 Å². The number of nitrogens with zero attached hydrogens (tertiary/aromatic N) is 1. The number of aryl methyl sites for hydroxylation is 1. The molecule has 0 heterocycles. The molecule has 9 nitrogen and oxygen atoms in total. The highest BCUT2D eigenvalue weighted by molar-refractivity contribution is 5.91. The fraction of sp³-hybridized carbons (Fsp3) is 0.286. The lowest BCUT2D eigenvalue weighted by Gasteiger charge is -2.09. The van der Waals surface area contributed by atoms with Gasteiger partial charge in [-0.25, -0.2) is 14.4 Å². The van der Waals surface area contributed by atoms with Gasteiger partial charge in [0.05, 0.1) is 31.3 Å². The van der Waals surface area contributed by atoms with E-state index in [1.165, 1.54) is 6.08 Å². The van der Waals surface area contributed by atoms with Gasteiger partial charge in [0.25, 0.3) is 0 Å². The Hall–Kier alpha value is -4.42. The van der Waals surface area contributed by atoms with Crippen LogP contribution in [0.3, 0.4) is 0 Å². The van der Waals surface area contributed by atoms with Gasteiger partial charge in [-0.05, 0) is 67.4 Å². The van der Waals surface area contributed by atoms with Crippen LogP contribution in [-0.4, -0.2) is 50.9 Å². The molecule has 0 aliphatic rings. The number of benzene rings is 2. The van der Waals surface area contributed by atoms with E-state index in [1.54, 1.807) is 55.5 Å². The Morgan fingerprint density at radius 1 is 0.946 bits per heavy atom. The van der Waals surface area contributed by atoms with Crippen LogP contribution in [0.25, 0.3) is 6.08 Å². The van der Waals surface area contributed by atoms with E-state index in [0.29, 0.717) is 29.2 Å². The quantitative estimate of drug-likeness (QED) is 0.160. The Balaban J connectivity index is 1.76. The van der Waals surface area contributed by atoms with Gasteiger partial charge < -0.3 is 23.7 Å². The molecule has 0 unspecified atom stereocenters. The van der Waals surface area contributed by atoms with Crippen LogP contribution < -0.4 is 9.47 Å². The second kappa shape index (κ2) is 15.5. The molecule has 0 saturated carbocycles. The van der Waals surface area contributed by atoms with E-state index in [-0.39, 0.29) is 32.8 Å². The molecule has 0 aliphatic heterocycles. The monoisotopic (exact) mass is 507 g/mol. The van der Waals surface area contributed by atoms with Gasteiger partial charge in [0.1, 0.15) is 31.3 Å². The molecule has 0 saturated heterocycles. The first kappa shape index (κ1) is 28.8. The van der Waals surface area contributed by atoms with Crippen LogP contribution in [0, 0.1) is 18.3 Å². The van der Waals surface area contributed by atoms with E-state index < -0.39 is 17.9 Å². The number of ether oxygens (including phenoxy) is 5. The molecule has 2 aromatic rings. The SMILES string of the molecule is C=C(C)C(=O)OCCOCCOc1ccc(C(=O)Oc2ccc(/C=C/C(=O)OCCC#N)c(C)c2)cc1. The minimum Gasteiger partial charge on any atom is -0.491 e.